The van der Waals surface area contributed by atoms with Crippen molar-refractivity contribution in [1.29, 1.82) is 0 Å². The first-order valence-corrected chi connectivity index (χ1v) is 7.31. The van der Waals surface area contributed by atoms with Gasteiger partial charge in [-0.2, -0.15) is 0 Å². The third-order valence-corrected chi connectivity index (χ3v) is 3.64. The predicted molar refractivity (Wildman–Crippen MR) is 78.1 cm³/mol. The summed E-state index contributed by atoms with van der Waals surface area (Å²) in [7, 11) is 0. The smallest absolute Gasteiger partial charge is 0.410 e. The zero-order valence-corrected chi connectivity index (χ0v) is 13.5. The fraction of sp³-hybridized carbons (Fsp3) is 0.562. The number of phenolic OH excluding ortho intramolecular Hbond substituents is 1. The fourth-order valence-corrected chi connectivity index (χ4v) is 2.71. The minimum Gasteiger partial charge on any atom is -0.508 e. The number of rotatable bonds is 1. The Bertz CT molecular complexity index is 626. The molecule has 0 fully saturated rings. The minimum absolute atomic E-state index is 0.0418. The second-order valence-corrected chi connectivity index (χ2v) is 6.75. The summed E-state index contributed by atoms with van der Waals surface area (Å²) < 4.78 is 45.3. The van der Waals surface area contributed by atoms with E-state index in [9.17, 15) is 23.1 Å². The third-order valence-electron chi connectivity index (χ3n) is 3.64. The Hall–Kier alpha value is -1.92. The average molecular weight is 331 g/mol. The Morgan fingerprint density at radius 1 is 1.43 bits per heavy atom. The van der Waals surface area contributed by atoms with Gasteiger partial charge in [0.15, 0.2) is 0 Å². The van der Waals surface area contributed by atoms with Crippen molar-refractivity contribution < 1.29 is 27.8 Å². The third kappa shape index (κ3) is 3.54. The van der Waals surface area contributed by atoms with Crippen LogP contribution in [0.1, 0.15) is 56.7 Å². The Morgan fingerprint density at radius 2 is 2.04 bits per heavy atom. The topological polar surface area (TPSA) is 49.8 Å². The number of alkyl halides is 2. The maximum Gasteiger partial charge on any atom is 0.410 e. The molecule has 1 aliphatic rings. The molecule has 1 N–H and O–H groups in total. The van der Waals surface area contributed by atoms with E-state index in [0.29, 0.717) is 0 Å². The van der Waals surface area contributed by atoms with Crippen molar-refractivity contribution in [2.24, 2.45) is 0 Å². The molecule has 0 radical (unpaired) electrons. The molecule has 1 aliphatic heterocycles. The molecule has 1 unspecified atom stereocenters. The van der Waals surface area contributed by atoms with Crippen LogP contribution >= 0.6 is 0 Å². The van der Waals surface area contributed by atoms with Crippen molar-refractivity contribution in [2.45, 2.75) is 52.2 Å². The summed E-state index contributed by atoms with van der Waals surface area (Å²) in [6, 6.07) is 0.726. The van der Waals surface area contributed by atoms with E-state index in [1.54, 1.807) is 27.7 Å². The number of carbonyl (C=O) groups is 1. The molecule has 0 aromatic heterocycles. The summed E-state index contributed by atoms with van der Waals surface area (Å²) in [5.74, 6) is -1.98. The van der Waals surface area contributed by atoms with Crippen molar-refractivity contribution in [3.8, 4) is 5.75 Å². The summed E-state index contributed by atoms with van der Waals surface area (Å²) >= 11 is 0. The van der Waals surface area contributed by atoms with Gasteiger partial charge in [-0.05, 0) is 26.8 Å². The van der Waals surface area contributed by atoms with E-state index in [1.165, 1.54) is 4.90 Å². The van der Waals surface area contributed by atoms with Crippen LogP contribution < -0.4 is 0 Å². The number of hydrogen-bond donors (Lipinski definition) is 1. The van der Waals surface area contributed by atoms with Gasteiger partial charge in [-0.1, -0.05) is 6.92 Å². The normalized spacial score (nSPS) is 18.1. The first-order valence-electron chi connectivity index (χ1n) is 7.31. The van der Waals surface area contributed by atoms with Crippen LogP contribution in [0.2, 0.25) is 0 Å². The summed E-state index contributed by atoms with van der Waals surface area (Å²) in [5, 5.41) is 9.98. The molecular weight excluding hydrogens is 311 g/mol. The van der Waals surface area contributed by atoms with E-state index >= 15 is 0 Å². The Kier molecular flexibility index (Phi) is 4.50. The summed E-state index contributed by atoms with van der Waals surface area (Å²) in [6.07, 6.45) is -3.60. The van der Waals surface area contributed by atoms with Gasteiger partial charge in [-0.15, -0.1) is 0 Å². The van der Waals surface area contributed by atoms with E-state index in [2.05, 4.69) is 0 Å². The van der Waals surface area contributed by atoms with Gasteiger partial charge < -0.3 is 14.7 Å². The lowest BCUT2D eigenvalue weighted by Crippen LogP contribution is -2.41. The Balaban J connectivity index is 2.38. The van der Waals surface area contributed by atoms with Crippen molar-refractivity contribution in [1.82, 2.24) is 4.90 Å². The van der Waals surface area contributed by atoms with Crippen LogP contribution in [0.25, 0.3) is 0 Å². The van der Waals surface area contributed by atoms with Gasteiger partial charge in [0, 0.05) is 23.6 Å². The van der Waals surface area contributed by atoms with Crippen molar-refractivity contribution in [3.63, 3.8) is 0 Å². The number of phenols is 1. The largest absolute Gasteiger partial charge is 0.508 e. The van der Waals surface area contributed by atoms with Crippen LogP contribution in [0.15, 0.2) is 6.07 Å². The second-order valence-electron chi connectivity index (χ2n) is 6.75. The molecule has 4 nitrogen and oxygen atoms in total. The predicted octanol–water partition coefficient (Wildman–Crippen LogP) is 4.32. The molecular formula is C16H20F3NO3. The van der Waals surface area contributed by atoms with E-state index in [-0.39, 0.29) is 24.2 Å². The molecule has 7 heteroatoms. The van der Waals surface area contributed by atoms with Crippen molar-refractivity contribution in [2.75, 3.05) is 6.54 Å². The Labute approximate surface area is 132 Å². The number of nitrogens with zero attached hydrogens (tertiary/aromatic N) is 1. The zero-order chi connectivity index (χ0) is 17.5. The van der Waals surface area contributed by atoms with E-state index in [0.717, 1.165) is 6.07 Å². The summed E-state index contributed by atoms with van der Waals surface area (Å²) in [5.41, 5.74) is -1.32. The van der Waals surface area contributed by atoms with Crippen molar-refractivity contribution in [3.05, 3.63) is 28.6 Å². The highest BCUT2D eigenvalue weighted by atomic mass is 19.3. The number of fused-ring (bicyclic) bond motifs is 1. The number of aromatic hydroxyl groups is 1. The highest BCUT2D eigenvalue weighted by Gasteiger charge is 2.34. The van der Waals surface area contributed by atoms with Gasteiger partial charge in [0.25, 0.3) is 6.43 Å². The molecule has 0 aliphatic carbocycles. The van der Waals surface area contributed by atoms with Gasteiger partial charge in [0.1, 0.15) is 17.2 Å². The van der Waals surface area contributed by atoms with E-state index in [1.807, 2.05) is 0 Å². The molecule has 2 rings (SSSR count). The van der Waals surface area contributed by atoms with E-state index in [4.69, 9.17) is 4.74 Å². The van der Waals surface area contributed by atoms with Gasteiger partial charge in [0.2, 0.25) is 0 Å². The van der Waals surface area contributed by atoms with Crippen LogP contribution in [0.4, 0.5) is 18.0 Å². The standard InChI is InChI=1S/C16H20F3NO3/c1-8-6-20(15(22)23-16(2,3)4)7-10-11(21)5-9(14(18)19)13(17)12(8)10/h5,8,14,21H,6-7H2,1-4H3. The first-order chi connectivity index (χ1) is 10.5. The number of benzene rings is 1. The SMILES string of the molecule is CC1CN(C(=O)OC(C)(C)C)Cc2c(O)cc(C(F)F)c(F)c21. The van der Waals surface area contributed by atoms with E-state index < -0.39 is 41.2 Å². The molecule has 1 aromatic rings. The number of carbonyl (C=O) groups excluding carboxylic acids is 1. The molecule has 0 saturated carbocycles. The van der Waals surface area contributed by atoms with Gasteiger partial charge in [-0.25, -0.2) is 18.0 Å². The Morgan fingerprint density at radius 3 is 2.57 bits per heavy atom. The second kappa shape index (κ2) is 5.94. The maximum atomic E-state index is 14.3. The maximum absolute atomic E-state index is 14.3. The molecule has 0 bridgehead atoms. The van der Waals surface area contributed by atoms with Crippen LogP contribution in [-0.2, 0) is 11.3 Å². The monoisotopic (exact) mass is 331 g/mol. The molecule has 1 atom stereocenters. The van der Waals surface area contributed by atoms with Crippen LogP contribution in [0.3, 0.4) is 0 Å². The lowest BCUT2D eigenvalue weighted by Gasteiger charge is -2.35. The highest BCUT2D eigenvalue weighted by molar-refractivity contribution is 5.69. The average Bonchev–Trinajstić information content (AvgIpc) is 2.39. The lowest BCUT2D eigenvalue weighted by atomic mass is 9.88. The molecule has 23 heavy (non-hydrogen) atoms. The lowest BCUT2D eigenvalue weighted by molar-refractivity contribution is 0.0205. The number of amides is 1. The molecule has 1 aromatic carbocycles. The van der Waals surface area contributed by atoms with Crippen LogP contribution in [-0.4, -0.2) is 28.2 Å². The number of ether oxygens (including phenoxy) is 1. The zero-order valence-electron chi connectivity index (χ0n) is 13.5. The quantitative estimate of drug-likeness (QED) is 0.833. The van der Waals surface area contributed by atoms with Crippen LogP contribution in [0, 0.1) is 5.82 Å². The van der Waals surface area contributed by atoms with Crippen LogP contribution in [0.5, 0.6) is 5.75 Å². The number of halogens is 3. The molecule has 128 valence electrons. The molecule has 1 heterocycles. The highest BCUT2D eigenvalue weighted by Crippen LogP contribution is 2.40. The first kappa shape index (κ1) is 17.4. The van der Waals surface area contributed by atoms with Gasteiger partial charge in [0.05, 0.1) is 12.1 Å². The fourth-order valence-electron chi connectivity index (χ4n) is 2.71. The summed E-state index contributed by atoms with van der Waals surface area (Å²) in [4.78, 5) is 13.5. The van der Waals surface area contributed by atoms with Gasteiger partial charge in [-0.3, -0.25) is 0 Å². The molecule has 1 amide bonds. The van der Waals surface area contributed by atoms with Gasteiger partial charge >= 0.3 is 6.09 Å². The van der Waals surface area contributed by atoms with Crippen molar-refractivity contribution >= 4 is 6.09 Å². The molecule has 0 spiro atoms. The number of hydrogen-bond acceptors (Lipinski definition) is 3. The summed E-state index contributed by atoms with van der Waals surface area (Å²) in [6.45, 7) is 6.83. The minimum atomic E-state index is -3.01. The molecule has 0 saturated heterocycles.